The third kappa shape index (κ3) is 4.61. The van der Waals surface area contributed by atoms with Crippen molar-refractivity contribution in [3.05, 3.63) is 46.2 Å². The van der Waals surface area contributed by atoms with Gasteiger partial charge in [-0.05, 0) is 24.1 Å². The molecule has 0 aliphatic heterocycles. The molecule has 0 saturated carbocycles. The number of hydrogen-bond donors (Lipinski definition) is 1. The van der Waals surface area contributed by atoms with E-state index in [1.54, 1.807) is 24.3 Å². The largest absolute Gasteiger partial charge is 0.355 e. The van der Waals surface area contributed by atoms with E-state index >= 15 is 0 Å². The van der Waals surface area contributed by atoms with Gasteiger partial charge in [-0.3, -0.25) is 14.2 Å². The second-order valence-corrected chi connectivity index (χ2v) is 7.13. The number of aromatic nitrogens is 2. The summed E-state index contributed by atoms with van der Waals surface area (Å²) < 4.78 is 1.52. The minimum absolute atomic E-state index is 0.0840. The molecule has 0 unspecified atom stereocenters. The molecule has 0 aliphatic rings. The number of hydrogen-bond acceptors (Lipinski definition) is 4. The highest BCUT2D eigenvalue weighted by Gasteiger charge is 2.13. The first-order valence-corrected chi connectivity index (χ1v) is 8.99. The minimum Gasteiger partial charge on any atom is -0.355 e. The first-order chi connectivity index (χ1) is 11.4. The summed E-state index contributed by atoms with van der Waals surface area (Å²) in [5.74, 6) is 0.501. The molecule has 2 aromatic rings. The molecule has 1 aromatic heterocycles. The lowest BCUT2D eigenvalue weighted by Crippen LogP contribution is -2.29. The molecule has 0 aliphatic carbocycles. The molecule has 1 heterocycles. The van der Waals surface area contributed by atoms with Crippen molar-refractivity contribution in [1.82, 2.24) is 14.9 Å². The van der Waals surface area contributed by atoms with Crippen molar-refractivity contribution in [3.63, 3.8) is 0 Å². The summed E-state index contributed by atoms with van der Waals surface area (Å²) in [5.41, 5.74) is 0.361. The third-order valence-corrected chi connectivity index (χ3v) is 4.45. The predicted molar refractivity (Wildman–Crippen MR) is 99.8 cm³/mol. The monoisotopic (exact) mass is 365 g/mol. The van der Waals surface area contributed by atoms with Crippen LogP contribution in [-0.4, -0.2) is 27.8 Å². The third-order valence-electron chi connectivity index (χ3n) is 3.23. The molecular weight excluding hydrogens is 346 g/mol. The number of amides is 1. The van der Waals surface area contributed by atoms with E-state index in [0.717, 1.165) is 0 Å². The molecule has 24 heavy (non-hydrogen) atoms. The Kier molecular flexibility index (Phi) is 6.45. The Morgan fingerprint density at radius 3 is 2.92 bits per heavy atom. The Labute approximate surface area is 150 Å². The number of rotatable bonds is 7. The highest BCUT2D eigenvalue weighted by atomic mass is 35.5. The molecule has 0 saturated heterocycles. The van der Waals surface area contributed by atoms with Crippen LogP contribution in [0.5, 0.6) is 0 Å². The van der Waals surface area contributed by atoms with Crippen LogP contribution in [0, 0.1) is 5.92 Å². The second kappa shape index (κ2) is 8.35. The van der Waals surface area contributed by atoms with E-state index < -0.39 is 0 Å². The van der Waals surface area contributed by atoms with E-state index in [1.807, 2.05) is 13.8 Å². The normalized spacial score (nSPS) is 11.0. The summed E-state index contributed by atoms with van der Waals surface area (Å²) in [5, 5.41) is 4.34. The van der Waals surface area contributed by atoms with Crippen molar-refractivity contribution in [2.75, 3.05) is 12.3 Å². The first kappa shape index (κ1) is 18.5. The van der Waals surface area contributed by atoms with Gasteiger partial charge in [0.25, 0.3) is 5.56 Å². The van der Waals surface area contributed by atoms with E-state index in [2.05, 4.69) is 16.9 Å². The average molecular weight is 366 g/mol. The molecule has 0 spiro atoms. The second-order valence-electron chi connectivity index (χ2n) is 5.75. The molecular formula is C17H20ClN3O2S. The Morgan fingerprint density at radius 2 is 2.25 bits per heavy atom. The zero-order valence-corrected chi connectivity index (χ0v) is 15.3. The van der Waals surface area contributed by atoms with E-state index in [1.165, 1.54) is 16.3 Å². The number of nitrogens with zero attached hydrogens (tertiary/aromatic N) is 2. The molecule has 128 valence electrons. The van der Waals surface area contributed by atoms with Crippen molar-refractivity contribution >= 4 is 40.2 Å². The van der Waals surface area contributed by atoms with Gasteiger partial charge in [0, 0.05) is 18.1 Å². The van der Waals surface area contributed by atoms with Crippen molar-refractivity contribution in [1.29, 1.82) is 0 Å². The van der Waals surface area contributed by atoms with E-state index in [9.17, 15) is 9.59 Å². The van der Waals surface area contributed by atoms with Crippen molar-refractivity contribution in [2.45, 2.75) is 25.5 Å². The molecule has 5 nitrogen and oxygen atoms in total. The van der Waals surface area contributed by atoms with Crippen LogP contribution in [-0.2, 0) is 11.3 Å². The highest BCUT2D eigenvalue weighted by Crippen LogP contribution is 2.20. The number of allylic oxidation sites excluding steroid dienone is 1. The maximum Gasteiger partial charge on any atom is 0.262 e. The zero-order chi connectivity index (χ0) is 17.7. The SMILES string of the molecule is C=CCn1c(SCC(=O)NCC(C)C)nc2cc(Cl)ccc2c1=O. The summed E-state index contributed by atoms with van der Waals surface area (Å²) in [6, 6.07) is 4.98. The van der Waals surface area contributed by atoms with Crippen LogP contribution in [0.2, 0.25) is 5.02 Å². The molecule has 1 aromatic carbocycles. The summed E-state index contributed by atoms with van der Waals surface area (Å²) in [4.78, 5) is 29.0. The van der Waals surface area contributed by atoms with Gasteiger partial charge in [-0.25, -0.2) is 4.98 Å². The Balaban J connectivity index is 2.30. The average Bonchev–Trinajstić information content (AvgIpc) is 2.53. The molecule has 7 heteroatoms. The van der Waals surface area contributed by atoms with Gasteiger partial charge in [0.05, 0.1) is 16.7 Å². The van der Waals surface area contributed by atoms with Crippen LogP contribution in [0.25, 0.3) is 10.9 Å². The van der Waals surface area contributed by atoms with Gasteiger partial charge >= 0.3 is 0 Å². The molecule has 0 bridgehead atoms. The van der Waals surface area contributed by atoms with E-state index in [0.29, 0.717) is 40.1 Å². The number of carbonyl (C=O) groups excluding carboxylic acids is 1. The lowest BCUT2D eigenvalue weighted by Gasteiger charge is -2.12. The predicted octanol–water partition coefficient (Wildman–Crippen LogP) is 3.10. The summed E-state index contributed by atoms with van der Waals surface area (Å²) in [6.45, 7) is 8.70. The summed E-state index contributed by atoms with van der Waals surface area (Å²) in [6.07, 6.45) is 1.63. The fraction of sp³-hybridized carbons (Fsp3) is 0.353. The smallest absolute Gasteiger partial charge is 0.262 e. The van der Waals surface area contributed by atoms with Crippen LogP contribution in [0.4, 0.5) is 0 Å². The quantitative estimate of drug-likeness (QED) is 0.465. The lowest BCUT2D eigenvalue weighted by atomic mass is 10.2. The van der Waals surface area contributed by atoms with Crippen molar-refractivity contribution in [2.24, 2.45) is 5.92 Å². The molecule has 1 amide bonds. The number of benzene rings is 1. The highest BCUT2D eigenvalue weighted by molar-refractivity contribution is 7.99. The van der Waals surface area contributed by atoms with Gasteiger partial charge in [-0.1, -0.05) is 43.3 Å². The standard InChI is InChI=1S/C17H20ClN3O2S/c1-4-7-21-16(23)13-6-5-12(18)8-14(13)20-17(21)24-10-15(22)19-9-11(2)3/h4-6,8,11H,1,7,9-10H2,2-3H3,(H,19,22). The Hall–Kier alpha value is -1.79. The fourth-order valence-electron chi connectivity index (χ4n) is 2.07. The van der Waals surface area contributed by atoms with Gasteiger partial charge in [0.1, 0.15) is 0 Å². The van der Waals surface area contributed by atoms with Crippen LogP contribution < -0.4 is 10.9 Å². The number of carbonyl (C=O) groups is 1. The summed E-state index contributed by atoms with van der Waals surface area (Å²) >= 11 is 7.22. The van der Waals surface area contributed by atoms with Gasteiger partial charge < -0.3 is 5.32 Å². The summed E-state index contributed by atoms with van der Waals surface area (Å²) in [7, 11) is 0. The topological polar surface area (TPSA) is 64.0 Å². The maximum atomic E-state index is 12.6. The zero-order valence-electron chi connectivity index (χ0n) is 13.7. The Morgan fingerprint density at radius 1 is 1.50 bits per heavy atom. The van der Waals surface area contributed by atoms with Crippen LogP contribution >= 0.6 is 23.4 Å². The number of fused-ring (bicyclic) bond motifs is 1. The lowest BCUT2D eigenvalue weighted by molar-refractivity contribution is -0.118. The van der Waals surface area contributed by atoms with Gasteiger partial charge in [0.2, 0.25) is 5.91 Å². The van der Waals surface area contributed by atoms with E-state index in [4.69, 9.17) is 11.6 Å². The van der Waals surface area contributed by atoms with Gasteiger partial charge in [-0.2, -0.15) is 0 Å². The minimum atomic E-state index is -0.165. The number of halogens is 1. The first-order valence-electron chi connectivity index (χ1n) is 7.63. The number of thioether (sulfide) groups is 1. The van der Waals surface area contributed by atoms with E-state index in [-0.39, 0.29) is 17.2 Å². The fourth-order valence-corrected chi connectivity index (χ4v) is 3.08. The Bertz CT molecular complexity index is 817. The van der Waals surface area contributed by atoms with Crippen LogP contribution in [0.3, 0.4) is 0 Å². The molecule has 0 atom stereocenters. The van der Waals surface area contributed by atoms with Gasteiger partial charge in [0.15, 0.2) is 5.16 Å². The van der Waals surface area contributed by atoms with Crippen molar-refractivity contribution in [3.8, 4) is 0 Å². The number of nitrogens with one attached hydrogen (secondary N) is 1. The molecule has 0 radical (unpaired) electrons. The van der Waals surface area contributed by atoms with Crippen molar-refractivity contribution < 1.29 is 4.79 Å². The van der Waals surface area contributed by atoms with Crippen LogP contribution in [0.15, 0.2) is 40.8 Å². The molecule has 2 rings (SSSR count). The molecule has 1 N–H and O–H groups in total. The van der Waals surface area contributed by atoms with Crippen LogP contribution in [0.1, 0.15) is 13.8 Å². The van der Waals surface area contributed by atoms with Gasteiger partial charge in [-0.15, -0.1) is 6.58 Å². The molecule has 0 fully saturated rings. The maximum absolute atomic E-state index is 12.6.